The van der Waals surface area contributed by atoms with Crippen molar-refractivity contribution in [3.05, 3.63) is 34.7 Å². The van der Waals surface area contributed by atoms with Crippen molar-refractivity contribution >= 4 is 57.3 Å². The molecule has 0 spiro atoms. The number of benzene rings is 1. The second kappa shape index (κ2) is 7.59. The minimum Gasteiger partial charge on any atom is -0.465 e. The molecule has 0 aromatic heterocycles. The van der Waals surface area contributed by atoms with Crippen LogP contribution in [0.5, 0.6) is 0 Å². The molecule has 1 fully saturated rings. The average molecular weight is 390 g/mol. The maximum Gasteiger partial charge on any atom is 0.326 e. The summed E-state index contributed by atoms with van der Waals surface area (Å²) in [7, 11) is 0. The Morgan fingerprint density at radius 3 is 2.58 bits per heavy atom. The number of esters is 1. The highest BCUT2D eigenvalue weighted by Gasteiger charge is 2.42. The number of hydrogen-bond donors (Lipinski definition) is 0. The number of fused-ring (bicyclic) bond motifs is 1. The van der Waals surface area contributed by atoms with Gasteiger partial charge in [-0.1, -0.05) is 49.1 Å². The summed E-state index contributed by atoms with van der Waals surface area (Å²) in [6.45, 7) is 4.24. The van der Waals surface area contributed by atoms with Gasteiger partial charge in [0.15, 0.2) is 0 Å². The monoisotopic (exact) mass is 390 g/mol. The van der Waals surface area contributed by atoms with Crippen molar-refractivity contribution in [1.29, 1.82) is 0 Å². The van der Waals surface area contributed by atoms with E-state index >= 15 is 0 Å². The van der Waals surface area contributed by atoms with Gasteiger partial charge in [-0.25, -0.2) is 0 Å². The molecular weight excluding hydrogens is 372 g/mol. The Morgan fingerprint density at radius 1 is 1.15 bits per heavy atom. The molecule has 2 aliphatic rings. The van der Waals surface area contributed by atoms with E-state index in [1.165, 1.54) is 4.90 Å². The van der Waals surface area contributed by atoms with Crippen molar-refractivity contribution in [3.8, 4) is 0 Å². The fourth-order valence-electron chi connectivity index (χ4n) is 2.97. The van der Waals surface area contributed by atoms with E-state index in [0.29, 0.717) is 12.1 Å². The smallest absolute Gasteiger partial charge is 0.326 e. The Kier molecular flexibility index (Phi) is 5.43. The van der Waals surface area contributed by atoms with Crippen molar-refractivity contribution < 1.29 is 19.1 Å². The van der Waals surface area contributed by atoms with Crippen LogP contribution in [0.3, 0.4) is 0 Å². The fourth-order valence-corrected chi connectivity index (χ4v) is 4.29. The molecule has 2 amide bonds. The number of anilines is 1. The third-order valence-corrected chi connectivity index (χ3v) is 5.49. The molecule has 0 aliphatic carbocycles. The molecule has 1 saturated heterocycles. The van der Waals surface area contributed by atoms with E-state index in [1.807, 2.05) is 31.2 Å². The van der Waals surface area contributed by atoms with Gasteiger partial charge in [-0.05, 0) is 19.4 Å². The van der Waals surface area contributed by atoms with Crippen molar-refractivity contribution in [2.24, 2.45) is 0 Å². The van der Waals surface area contributed by atoms with E-state index < -0.39 is 11.9 Å². The van der Waals surface area contributed by atoms with Crippen LogP contribution in [0.4, 0.5) is 5.69 Å². The summed E-state index contributed by atoms with van der Waals surface area (Å²) in [6, 6.07) is 7.40. The van der Waals surface area contributed by atoms with Crippen LogP contribution in [0, 0.1) is 0 Å². The molecule has 2 aliphatic heterocycles. The van der Waals surface area contributed by atoms with Crippen LogP contribution in [0.15, 0.2) is 29.2 Å². The van der Waals surface area contributed by atoms with Gasteiger partial charge in [-0.3, -0.25) is 19.3 Å². The summed E-state index contributed by atoms with van der Waals surface area (Å²) in [5.74, 6) is -1.16. The molecule has 6 nitrogen and oxygen atoms in total. The highest BCUT2D eigenvalue weighted by atomic mass is 32.2. The summed E-state index contributed by atoms with van der Waals surface area (Å²) in [4.78, 5) is 40.7. The summed E-state index contributed by atoms with van der Waals surface area (Å²) < 4.78 is 5.15. The maximum absolute atomic E-state index is 13.0. The van der Waals surface area contributed by atoms with E-state index in [1.54, 1.807) is 11.8 Å². The van der Waals surface area contributed by atoms with Crippen LogP contribution >= 0.6 is 24.0 Å². The molecule has 0 bridgehead atoms. The quantitative estimate of drug-likeness (QED) is 0.437. The lowest BCUT2D eigenvalue weighted by molar-refractivity contribution is -0.145. The summed E-state index contributed by atoms with van der Waals surface area (Å²) in [6.07, 6.45) is 0.803. The number of para-hydroxylation sites is 1. The molecule has 0 saturated carbocycles. The Bertz CT molecular complexity index is 834. The lowest BCUT2D eigenvalue weighted by atomic mass is 10.1. The number of hydrogen-bond acceptors (Lipinski definition) is 6. The zero-order chi connectivity index (χ0) is 18.8. The van der Waals surface area contributed by atoms with Gasteiger partial charge in [0.05, 0.1) is 22.8 Å². The first-order chi connectivity index (χ1) is 12.5. The van der Waals surface area contributed by atoms with Gasteiger partial charge in [0.2, 0.25) is 0 Å². The van der Waals surface area contributed by atoms with Gasteiger partial charge in [-0.2, -0.15) is 0 Å². The molecule has 136 valence electrons. The number of nitrogens with zero attached hydrogens (tertiary/aromatic N) is 2. The number of amides is 2. The molecule has 26 heavy (non-hydrogen) atoms. The minimum atomic E-state index is -0.527. The third kappa shape index (κ3) is 3.14. The lowest BCUT2D eigenvalue weighted by Gasteiger charge is -2.15. The van der Waals surface area contributed by atoms with E-state index in [9.17, 15) is 14.4 Å². The molecule has 8 heteroatoms. The van der Waals surface area contributed by atoms with E-state index in [0.717, 1.165) is 29.4 Å². The second-order valence-electron chi connectivity index (χ2n) is 5.74. The first-order valence-electron chi connectivity index (χ1n) is 8.34. The highest BCUT2D eigenvalue weighted by molar-refractivity contribution is 8.26. The fraction of sp³-hybridized carbons (Fsp3) is 0.333. The Balaban J connectivity index is 2.00. The predicted octanol–water partition coefficient (Wildman–Crippen LogP) is 2.58. The van der Waals surface area contributed by atoms with Gasteiger partial charge in [-0.15, -0.1) is 0 Å². The zero-order valence-corrected chi connectivity index (χ0v) is 16.1. The highest BCUT2D eigenvalue weighted by Crippen LogP contribution is 2.44. The van der Waals surface area contributed by atoms with Crippen molar-refractivity contribution in [2.75, 3.05) is 24.6 Å². The van der Waals surface area contributed by atoms with Crippen LogP contribution in [-0.4, -0.2) is 46.7 Å². The van der Waals surface area contributed by atoms with Gasteiger partial charge < -0.3 is 9.64 Å². The molecule has 0 atom stereocenters. The number of carbonyl (C=O) groups is 3. The molecule has 0 unspecified atom stereocenters. The van der Waals surface area contributed by atoms with Crippen molar-refractivity contribution in [2.45, 2.75) is 20.3 Å². The van der Waals surface area contributed by atoms with Gasteiger partial charge >= 0.3 is 5.97 Å². The van der Waals surface area contributed by atoms with Gasteiger partial charge in [0, 0.05) is 12.1 Å². The maximum atomic E-state index is 13.0. The second-order valence-corrected chi connectivity index (χ2v) is 7.39. The first kappa shape index (κ1) is 18.6. The van der Waals surface area contributed by atoms with Crippen LogP contribution in [0.25, 0.3) is 5.57 Å². The molecule has 2 heterocycles. The minimum absolute atomic E-state index is 0.204. The normalized spacial score (nSPS) is 19.4. The van der Waals surface area contributed by atoms with E-state index in [2.05, 4.69) is 0 Å². The molecule has 3 rings (SSSR count). The van der Waals surface area contributed by atoms with Crippen LogP contribution in [0.2, 0.25) is 0 Å². The summed E-state index contributed by atoms with van der Waals surface area (Å²) in [5, 5.41) is 0. The van der Waals surface area contributed by atoms with E-state index in [-0.39, 0.29) is 28.3 Å². The predicted molar refractivity (Wildman–Crippen MR) is 105 cm³/mol. The van der Waals surface area contributed by atoms with Crippen LogP contribution in [-0.2, 0) is 19.1 Å². The lowest BCUT2D eigenvalue weighted by Crippen LogP contribution is -2.34. The zero-order valence-electron chi connectivity index (χ0n) is 14.5. The van der Waals surface area contributed by atoms with Gasteiger partial charge in [0.25, 0.3) is 11.8 Å². The summed E-state index contributed by atoms with van der Waals surface area (Å²) in [5.41, 5.74) is 1.88. The third-order valence-electron chi connectivity index (χ3n) is 4.04. The largest absolute Gasteiger partial charge is 0.465 e. The number of ether oxygens (including phenoxy) is 1. The first-order valence-corrected chi connectivity index (χ1v) is 9.56. The van der Waals surface area contributed by atoms with E-state index in [4.69, 9.17) is 17.0 Å². The van der Waals surface area contributed by atoms with Gasteiger partial charge in [0.1, 0.15) is 10.9 Å². The molecule has 0 radical (unpaired) electrons. The average Bonchev–Trinajstić information content (AvgIpc) is 3.04. The Morgan fingerprint density at radius 2 is 1.88 bits per heavy atom. The molecular formula is C18H18N2O4S2. The number of thiocarbonyl (C=S) groups is 1. The van der Waals surface area contributed by atoms with Crippen molar-refractivity contribution in [3.63, 3.8) is 0 Å². The number of carbonyl (C=O) groups excluding carboxylic acids is 3. The Labute approximate surface area is 161 Å². The topological polar surface area (TPSA) is 66.9 Å². The molecule has 0 N–H and O–H groups in total. The van der Waals surface area contributed by atoms with Crippen molar-refractivity contribution in [1.82, 2.24) is 4.90 Å². The van der Waals surface area contributed by atoms with Crippen LogP contribution < -0.4 is 4.90 Å². The molecule has 1 aromatic carbocycles. The standard InChI is InChI=1S/C18H18N2O4S2/c1-3-9-19-12-8-6-5-7-11(12)14(16(19)22)15-17(23)20(18(25)26-15)10-13(21)24-4-2/h5-8H,3-4,9-10H2,1-2H3/b15-14+. The summed E-state index contributed by atoms with van der Waals surface area (Å²) >= 11 is 6.31. The number of thioether (sulfide) groups is 1. The SMILES string of the molecule is CCCN1C(=O)/C(=C2/SC(=S)N(CC(=O)OCC)C2=O)c2ccccc21. The number of rotatable bonds is 5. The van der Waals surface area contributed by atoms with Crippen LogP contribution in [0.1, 0.15) is 25.8 Å². The molecule has 1 aromatic rings. The Hall–Kier alpha value is -2.19.